The first-order chi connectivity index (χ1) is 11.8. The summed E-state index contributed by atoms with van der Waals surface area (Å²) < 4.78 is 3.74. The van der Waals surface area contributed by atoms with Gasteiger partial charge < -0.3 is 34.0 Å². The largest absolute Gasteiger partial charge is 1.00 e. The van der Waals surface area contributed by atoms with Crippen molar-refractivity contribution in [3.05, 3.63) is 59.3 Å². The molecule has 0 aliphatic heterocycles. The van der Waals surface area contributed by atoms with Gasteiger partial charge in [-0.1, -0.05) is 0 Å². The maximum absolute atomic E-state index is 2.69. The molecule has 0 nitrogen and oxygen atoms in total. The van der Waals surface area contributed by atoms with E-state index in [1.807, 2.05) is 12.2 Å². The van der Waals surface area contributed by atoms with Crippen LogP contribution in [0.2, 0.25) is 0 Å². The van der Waals surface area contributed by atoms with E-state index in [0.717, 1.165) is 5.92 Å². The molecule has 3 heteroatoms. The molecule has 0 saturated carbocycles. The Labute approximate surface area is 191 Å². The summed E-state index contributed by atoms with van der Waals surface area (Å²) in [6.07, 6.45) is 15.0. The minimum atomic E-state index is -0.892. The Kier molecular flexibility index (Phi) is 8.82. The van der Waals surface area contributed by atoms with Crippen molar-refractivity contribution in [1.82, 2.24) is 0 Å². The third-order valence-corrected chi connectivity index (χ3v) is 12.0. The van der Waals surface area contributed by atoms with Crippen LogP contribution in [0.5, 0.6) is 0 Å². The molecule has 0 N–H and O–H groups in total. The number of benzene rings is 1. The second-order valence-electron chi connectivity index (χ2n) is 7.63. The summed E-state index contributed by atoms with van der Waals surface area (Å²) in [5.74, 6) is 1.52. The molecule has 1 aromatic carbocycles. The number of fused-ring (bicyclic) bond motifs is 1. The topological polar surface area (TPSA) is 0 Å². The molecule has 0 heterocycles. The standard InChI is InChI=1S/C13H19.C10H9.2BrH.Hf/c1-2-3-6-11-9-10-12-7-4-5-8-13(11)12;1-8-6-7-9-4-2-3-5-10(8)9;;;/h10-11H,2-8H2,1H3;2-5,7-8H,1H3;2*1H;/q;;;;+2/p-2. The van der Waals surface area contributed by atoms with E-state index in [0.29, 0.717) is 5.92 Å². The molecule has 0 aromatic heterocycles. The molecular formula is C23H28Br2Hf. The van der Waals surface area contributed by atoms with Crippen LogP contribution < -0.4 is 34.0 Å². The van der Waals surface area contributed by atoms with E-state index in [1.54, 1.807) is 11.1 Å². The maximum atomic E-state index is 2.69. The fraction of sp³-hybridized carbons (Fsp3) is 0.478. The summed E-state index contributed by atoms with van der Waals surface area (Å²) in [6.45, 7) is 4.78. The van der Waals surface area contributed by atoms with Crippen molar-refractivity contribution >= 4 is 6.08 Å². The maximum Gasteiger partial charge on any atom is -1.00 e. The molecule has 138 valence electrons. The van der Waals surface area contributed by atoms with Gasteiger partial charge in [0.1, 0.15) is 0 Å². The van der Waals surface area contributed by atoms with Crippen LogP contribution in [0.15, 0.2) is 48.1 Å². The van der Waals surface area contributed by atoms with Crippen molar-refractivity contribution in [3.63, 3.8) is 0 Å². The number of allylic oxidation sites excluding steroid dienone is 5. The van der Waals surface area contributed by atoms with Crippen molar-refractivity contribution in [1.29, 1.82) is 0 Å². The Hall–Kier alpha value is 0.270. The van der Waals surface area contributed by atoms with Crippen LogP contribution in [0.3, 0.4) is 0 Å². The first-order valence-corrected chi connectivity index (χ1v) is 13.4. The van der Waals surface area contributed by atoms with Gasteiger partial charge in [0.05, 0.1) is 0 Å². The van der Waals surface area contributed by atoms with Gasteiger partial charge in [-0.05, 0) is 0 Å². The summed E-state index contributed by atoms with van der Waals surface area (Å²) in [6, 6.07) is 9.05. The van der Waals surface area contributed by atoms with Crippen molar-refractivity contribution in [3.8, 4) is 0 Å². The van der Waals surface area contributed by atoms with E-state index in [-0.39, 0.29) is 34.0 Å². The van der Waals surface area contributed by atoms with Crippen LogP contribution in [0, 0.1) is 5.92 Å². The van der Waals surface area contributed by atoms with Gasteiger partial charge >= 0.3 is 159 Å². The zero-order valence-electron chi connectivity index (χ0n) is 15.8. The summed E-state index contributed by atoms with van der Waals surface area (Å²) in [5, 5.41) is 0. The third kappa shape index (κ3) is 4.46. The van der Waals surface area contributed by atoms with Gasteiger partial charge in [-0.3, -0.25) is 0 Å². The van der Waals surface area contributed by atoms with Gasteiger partial charge in [0.15, 0.2) is 0 Å². The van der Waals surface area contributed by atoms with E-state index in [2.05, 4.69) is 50.3 Å². The normalized spacial score (nSPS) is 23.2. The molecular weight excluding hydrogens is 615 g/mol. The smallest absolute Gasteiger partial charge is 1.00 e. The summed E-state index contributed by atoms with van der Waals surface area (Å²) >= 11 is -0.892. The fourth-order valence-electron chi connectivity index (χ4n) is 4.66. The quantitative estimate of drug-likeness (QED) is 0.418. The molecule has 2 unspecified atom stereocenters. The van der Waals surface area contributed by atoms with Crippen molar-refractivity contribution in [2.75, 3.05) is 0 Å². The number of rotatable bonds is 5. The second kappa shape index (κ2) is 10.2. The average Bonchev–Trinajstić information content (AvgIpc) is 3.11. The second-order valence-corrected chi connectivity index (χ2v) is 12.7. The zero-order valence-corrected chi connectivity index (χ0v) is 22.6. The molecule has 0 spiro atoms. The van der Waals surface area contributed by atoms with Crippen molar-refractivity contribution in [2.45, 2.75) is 64.7 Å². The van der Waals surface area contributed by atoms with Gasteiger partial charge in [-0.15, -0.1) is 0 Å². The van der Waals surface area contributed by atoms with Gasteiger partial charge in [0.25, 0.3) is 0 Å². The molecule has 0 saturated heterocycles. The van der Waals surface area contributed by atoms with Crippen LogP contribution >= 0.6 is 0 Å². The Morgan fingerprint density at radius 3 is 2.54 bits per heavy atom. The van der Waals surface area contributed by atoms with Gasteiger partial charge in [-0.25, -0.2) is 0 Å². The average molecular weight is 643 g/mol. The predicted molar refractivity (Wildman–Crippen MR) is 99.4 cm³/mol. The summed E-state index contributed by atoms with van der Waals surface area (Å²) in [7, 11) is 0. The Morgan fingerprint density at radius 1 is 1.00 bits per heavy atom. The van der Waals surface area contributed by atoms with Gasteiger partial charge in [0, 0.05) is 0 Å². The Morgan fingerprint density at radius 2 is 1.77 bits per heavy atom. The molecule has 4 rings (SSSR count). The molecule has 0 bridgehead atoms. The van der Waals surface area contributed by atoms with Gasteiger partial charge in [0.2, 0.25) is 0 Å². The van der Waals surface area contributed by atoms with Crippen LogP contribution in [-0.2, 0) is 22.9 Å². The van der Waals surface area contributed by atoms with E-state index in [1.165, 1.54) is 50.5 Å². The third-order valence-electron chi connectivity index (χ3n) is 6.06. The number of hydrogen-bond donors (Lipinski definition) is 0. The monoisotopic (exact) mass is 642 g/mol. The van der Waals surface area contributed by atoms with E-state index < -0.39 is 22.9 Å². The van der Waals surface area contributed by atoms with Crippen molar-refractivity contribution in [2.24, 2.45) is 5.92 Å². The molecule has 0 radical (unpaired) electrons. The molecule has 3 aliphatic rings. The van der Waals surface area contributed by atoms with Gasteiger partial charge in [-0.2, -0.15) is 0 Å². The minimum absolute atomic E-state index is 0. The molecule has 3 aliphatic carbocycles. The first kappa shape index (κ1) is 22.6. The number of halogens is 2. The van der Waals surface area contributed by atoms with Crippen LogP contribution in [0.4, 0.5) is 0 Å². The Balaban J connectivity index is 0.00000121. The molecule has 2 atom stereocenters. The molecule has 26 heavy (non-hydrogen) atoms. The fourth-order valence-corrected chi connectivity index (χ4v) is 10.7. The molecule has 1 aromatic rings. The summed E-state index contributed by atoms with van der Waals surface area (Å²) in [5.41, 5.74) is 6.69. The SMILES string of the molecule is CCCCC1[C]([Hf+2][C]2=Cc3ccccc3C2C)=CC2=C1CCCC2.[Br-].[Br-]. The first-order valence-electron chi connectivity index (χ1n) is 9.79. The van der Waals surface area contributed by atoms with Crippen molar-refractivity contribution < 1.29 is 56.9 Å². The summed E-state index contributed by atoms with van der Waals surface area (Å²) in [4.78, 5) is 0. The van der Waals surface area contributed by atoms with E-state index in [9.17, 15) is 0 Å². The predicted octanol–water partition coefficient (Wildman–Crippen LogP) is 0.810. The van der Waals surface area contributed by atoms with E-state index in [4.69, 9.17) is 0 Å². The zero-order chi connectivity index (χ0) is 16.5. The van der Waals surface area contributed by atoms with Crippen LogP contribution in [0.25, 0.3) is 6.08 Å². The Bertz CT molecular complexity index is 729. The van der Waals surface area contributed by atoms with Crippen LogP contribution in [-0.4, -0.2) is 0 Å². The van der Waals surface area contributed by atoms with E-state index >= 15 is 0 Å². The minimum Gasteiger partial charge on any atom is -1.00 e. The molecule has 0 fully saturated rings. The number of unbranched alkanes of at least 4 members (excludes halogenated alkanes) is 1. The molecule has 0 amide bonds. The number of hydrogen-bond acceptors (Lipinski definition) is 0. The van der Waals surface area contributed by atoms with Crippen LogP contribution in [0.1, 0.15) is 75.8 Å².